The quantitative estimate of drug-likeness (QED) is 0.105. The molecule has 0 heterocycles. The number of amides is 1. The monoisotopic (exact) mass is 533 g/mol. The average molecular weight is 534 g/mol. The third kappa shape index (κ3) is 9.43. The molecule has 2 aromatic carbocycles. The second kappa shape index (κ2) is 14.7. The Balaban J connectivity index is 2.18. The number of esters is 3. The second-order valence-electron chi connectivity index (χ2n) is 8.18. The number of amidine groups is 1. The minimum Gasteiger partial charge on any atom is -0.463 e. The molecule has 204 valence electrons. The average Bonchev–Trinajstić information content (AvgIpc) is 2.90. The van der Waals surface area contributed by atoms with Crippen LogP contribution >= 0.6 is 0 Å². The molecule has 0 unspecified atom stereocenters. The van der Waals surface area contributed by atoms with Gasteiger partial charge in [0.25, 0.3) is 5.91 Å². The predicted molar refractivity (Wildman–Crippen MR) is 146 cm³/mol. The summed E-state index contributed by atoms with van der Waals surface area (Å²) >= 11 is 0. The summed E-state index contributed by atoms with van der Waals surface area (Å²) < 4.78 is 15.2. The van der Waals surface area contributed by atoms with Gasteiger partial charge >= 0.3 is 17.9 Å². The number of nitrogen functional groups attached to an aromatic ring is 1. The van der Waals surface area contributed by atoms with E-state index in [1.807, 2.05) is 0 Å². The number of nitrogens with zero attached hydrogens (tertiary/aromatic N) is 1. The Bertz CT molecular complexity index is 1290. The first-order valence-electron chi connectivity index (χ1n) is 11.9. The molecule has 0 aliphatic carbocycles. The van der Waals surface area contributed by atoms with Crippen LogP contribution in [0, 0.1) is 5.41 Å². The van der Waals surface area contributed by atoms with E-state index in [2.05, 4.69) is 6.58 Å². The number of benzene rings is 2. The van der Waals surface area contributed by atoms with E-state index in [1.54, 1.807) is 56.3 Å². The highest BCUT2D eigenvalue weighted by molar-refractivity contribution is 6.00. The lowest BCUT2D eigenvalue weighted by Gasteiger charge is -2.22. The van der Waals surface area contributed by atoms with Crippen LogP contribution in [0.5, 0.6) is 5.75 Å². The Morgan fingerprint density at radius 2 is 1.59 bits per heavy atom. The summed E-state index contributed by atoms with van der Waals surface area (Å²) in [5.41, 5.74) is 7.31. The summed E-state index contributed by atoms with van der Waals surface area (Å²) in [4.78, 5) is 51.0. The highest BCUT2D eigenvalue weighted by Gasteiger charge is 2.22. The van der Waals surface area contributed by atoms with Crippen molar-refractivity contribution in [2.45, 2.75) is 20.8 Å². The topological polar surface area (TPSA) is 149 Å². The lowest BCUT2D eigenvalue weighted by Crippen LogP contribution is -2.36. The maximum atomic E-state index is 13.2. The molecule has 0 aliphatic rings. The summed E-state index contributed by atoms with van der Waals surface area (Å²) in [6.45, 7) is 7.93. The van der Waals surface area contributed by atoms with Crippen LogP contribution in [-0.4, -0.2) is 54.3 Å². The number of hydrogen-bond acceptors (Lipinski definition) is 8. The van der Waals surface area contributed by atoms with E-state index in [0.29, 0.717) is 16.9 Å². The van der Waals surface area contributed by atoms with Gasteiger partial charge in [-0.05, 0) is 68.8 Å². The van der Waals surface area contributed by atoms with Crippen molar-refractivity contribution in [1.29, 1.82) is 5.41 Å². The number of carbonyl (C=O) groups excluding carboxylic acids is 4. The molecule has 0 bridgehead atoms. The Morgan fingerprint density at radius 1 is 0.974 bits per heavy atom. The number of hydrogen-bond donors (Lipinski definition) is 2. The van der Waals surface area contributed by atoms with Gasteiger partial charge in [0.15, 0.2) is 0 Å². The van der Waals surface area contributed by atoms with E-state index >= 15 is 0 Å². The summed E-state index contributed by atoms with van der Waals surface area (Å²) in [5.74, 6) is -2.23. The van der Waals surface area contributed by atoms with Gasteiger partial charge in [0.1, 0.15) is 24.7 Å². The third-order valence-corrected chi connectivity index (χ3v) is 5.18. The molecular weight excluding hydrogens is 502 g/mol. The van der Waals surface area contributed by atoms with Crippen LogP contribution in [0.25, 0.3) is 6.08 Å². The maximum absolute atomic E-state index is 13.2. The van der Waals surface area contributed by atoms with E-state index in [9.17, 15) is 19.2 Å². The van der Waals surface area contributed by atoms with Crippen molar-refractivity contribution in [3.8, 4) is 5.75 Å². The van der Waals surface area contributed by atoms with Crippen LogP contribution in [0.3, 0.4) is 0 Å². The summed E-state index contributed by atoms with van der Waals surface area (Å²) in [6, 6.07) is 12.6. The summed E-state index contributed by atoms with van der Waals surface area (Å²) in [6.07, 6.45) is 4.11. The number of nitrogens with one attached hydrogen (secondary N) is 1. The first kappa shape index (κ1) is 30.2. The van der Waals surface area contributed by atoms with Gasteiger partial charge in [-0.25, -0.2) is 9.59 Å². The molecule has 0 atom stereocenters. The zero-order chi connectivity index (χ0) is 28.9. The third-order valence-electron chi connectivity index (χ3n) is 5.18. The molecule has 0 aromatic heterocycles. The molecule has 10 heteroatoms. The van der Waals surface area contributed by atoms with E-state index in [4.69, 9.17) is 25.4 Å². The van der Waals surface area contributed by atoms with Crippen molar-refractivity contribution >= 4 is 35.7 Å². The van der Waals surface area contributed by atoms with Crippen LogP contribution < -0.4 is 10.5 Å². The maximum Gasteiger partial charge on any atom is 0.343 e. The molecule has 2 rings (SSSR count). The van der Waals surface area contributed by atoms with Crippen molar-refractivity contribution in [3.63, 3.8) is 0 Å². The molecule has 0 fully saturated rings. The van der Waals surface area contributed by atoms with Gasteiger partial charge in [0, 0.05) is 22.9 Å². The predicted octanol–water partition coefficient (Wildman–Crippen LogP) is 3.62. The molecule has 2 aromatic rings. The van der Waals surface area contributed by atoms with Crippen molar-refractivity contribution < 1.29 is 33.4 Å². The van der Waals surface area contributed by atoms with E-state index < -0.39 is 30.4 Å². The molecule has 0 saturated carbocycles. The first-order valence-corrected chi connectivity index (χ1v) is 11.9. The summed E-state index contributed by atoms with van der Waals surface area (Å²) in [7, 11) is 0. The fraction of sp³-hybridized carbons (Fsp3) is 0.207. The minimum atomic E-state index is -0.675. The molecule has 0 saturated heterocycles. The van der Waals surface area contributed by atoms with Gasteiger partial charge in [-0.1, -0.05) is 24.8 Å². The Hall–Kier alpha value is -4.99. The number of nitrogens with two attached hydrogens (primary N) is 1. The fourth-order valence-electron chi connectivity index (χ4n) is 3.22. The molecular formula is C29H31N3O7. The standard InChI is InChI=1S/C29H31N3O7/c1-5-15-38-26(34)18-32(20(4)17-25(33)37-6-2)28(35)19(3)16-21-7-9-23(10-8-21)29(36)39-24-13-11-22(12-14-24)27(30)31/h5,7-14,16-17H,1,6,15,18H2,2-4H3,(H3,30,31). The lowest BCUT2D eigenvalue weighted by atomic mass is 10.1. The summed E-state index contributed by atoms with van der Waals surface area (Å²) in [5, 5.41) is 7.41. The number of carbonyl (C=O) groups is 4. The Kier molecular flexibility index (Phi) is 11.4. The van der Waals surface area contributed by atoms with Gasteiger partial charge < -0.3 is 24.8 Å². The SMILES string of the molecule is C=CCOC(=O)CN(C(=O)C(C)=Cc1ccc(C(=O)Oc2ccc(C(=N)N)cc2)cc1)C(C)=CC(=O)OCC. The van der Waals surface area contributed by atoms with Gasteiger partial charge in [-0.2, -0.15) is 0 Å². The molecule has 39 heavy (non-hydrogen) atoms. The molecule has 0 radical (unpaired) electrons. The molecule has 10 nitrogen and oxygen atoms in total. The van der Waals surface area contributed by atoms with Crippen molar-refractivity contribution in [3.05, 3.63) is 95.2 Å². The van der Waals surface area contributed by atoms with E-state index in [-0.39, 0.29) is 35.9 Å². The Labute approximate surface area is 226 Å². The smallest absolute Gasteiger partial charge is 0.343 e. The minimum absolute atomic E-state index is 0.0190. The zero-order valence-electron chi connectivity index (χ0n) is 22.1. The fourth-order valence-corrected chi connectivity index (χ4v) is 3.22. The molecule has 3 N–H and O–H groups in total. The van der Waals surface area contributed by atoms with Crippen molar-refractivity contribution in [2.75, 3.05) is 19.8 Å². The zero-order valence-corrected chi connectivity index (χ0v) is 22.1. The van der Waals surface area contributed by atoms with Crippen molar-refractivity contribution in [2.24, 2.45) is 5.73 Å². The van der Waals surface area contributed by atoms with Gasteiger partial charge in [0.2, 0.25) is 0 Å². The van der Waals surface area contributed by atoms with Crippen LogP contribution in [0.2, 0.25) is 0 Å². The van der Waals surface area contributed by atoms with Crippen LogP contribution in [0.4, 0.5) is 0 Å². The van der Waals surface area contributed by atoms with E-state index in [0.717, 1.165) is 11.0 Å². The number of ether oxygens (including phenoxy) is 3. The van der Waals surface area contributed by atoms with Gasteiger partial charge in [-0.15, -0.1) is 0 Å². The highest BCUT2D eigenvalue weighted by atomic mass is 16.5. The van der Waals surface area contributed by atoms with Crippen molar-refractivity contribution in [1.82, 2.24) is 4.90 Å². The number of allylic oxidation sites excluding steroid dienone is 1. The van der Waals surface area contributed by atoms with Crippen LogP contribution in [-0.2, 0) is 23.9 Å². The van der Waals surface area contributed by atoms with E-state index in [1.165, 1.54) is 25.1 Å². The largest absolute Gasteiger partial charge is 0.463 e. The molecule has 0 spiro atoms. The van der Waals surface area contributed by atoms with Crippen LogP contribution in [0.1, 0.15) is 42.3 Å². The normalized spacial score (nSPS) is 11.3. The Morgan fingerprint density at radius 3 is 2.15 bits per heavy atom. The van der Waals surface area contributed by atoms with Gasteiger partial charge in [-0.3, -0.25) is 15.0 Å². The lowest BCUT2D eigenvalue weighted by molar-refractivity contribution is -0.146. The highest BCUT2D eigenvalue weighted by Crippen LogP contribution is 2.17. The van der Waals surface area contributed by atoms with Gasteiger partial charge in [0.05, 0.1) is 12.2 Å². The molecule has 1 amide bonds. The second-order valence-corrected chi connectivity index (χ2v) is 8.18. The number of rotatable bonds is 12. The molecule has 0 aliphatic heterocycles. The van der Waals surface area contributed by atoms with Crippen LogP contribution in [0.15, 0.2) is 78.5 Å². The first-order chi connectivity index (χ1) is 18.5.